The van der Waals surface area contributed by atoms with Crippen LogP contribution in [-0.4, -0.2) is 29.4 Å². The molecule has 3 aromatic rings. The standard InChI is InChI=1S/C31H26BrNO3/c1-30(2,3)29(36)26-25(19-12-15-20(32)16-13-19)31(27(34)21-9-5-6-10-22(21)28(31)35)24-17-14-18-8-4-7-11-23(18)33(24)26/h4-17,24-26H,1-3H3/t24-,25-,26-/m0/s1. The van der Waals surface area contributed by atoms with Crippen LogP contribution in [0.25, 0.3) is 6.08 Å². The average Bonchev–Trinajstić information content (AvgIpc) is 3.30. The van der Waals surface area contributed by atoms with E-state index in [4.69, 9.17) is 0 Å². The number of halogens is 1. The van der Waals surface area contributed by atoms with Gasteiger partial charge in [0.05, 0.1) is 12.1 Å². The Balaban J connectivity index is 1.70. The molecule has 2 aliphatic heterocycles. The number of ketones is 3. The van der Waals surface area contributed by atoms with Gasteiger partial charge in [-0.15, -0.1) is 0 Å². The Hall–Kier alpha value is -3.31. The lowest BCUT2D eigenvalue weighted by Crippen LogP contribution is -2.49. The molecular weight excluding hydrogens is 514 g/mol. The number of carbonyl (C=O) groups is 3. The fourth-order valence-electron chi connectivity index (χ4n) is 6.40. The zero-order valence-corrected chi connectivity index (χ0v) is 22.0. The molecule has 0 saturated carbocycles. The van der Waals surface area contributed by atoms with Gasteiger partial charge in [0.2, 0.25) is 0 Å². The van der Waals surface area contributed by atoms with Gasteiger partial charge >= 0.3 is 0 Å². The molecule has 1 spiro atoms. The van der Waals surface area contributed by atoms with E-state index in [-0.39, 0.29) is 17.3 Å². The SMILES string of the molecule is CC(C)(C)C(=O)[C@@H]1[C@H](c2ccc(Br)cc2)C2(C(=O)c3ccccc3C2=O)[C@@H]2C=Cc3ccccc3N12. The molecule has 2 heterocycles. The zero-order valence-electron chi connectivity index (χ0n) is 20.4. The highest BCUT2D eigenvalue weighted by molar-refractivity contribution is 9.10. The average molecular weight is 540 g/mol. The first kappa shape index (κ1) is 23.1. The van der Waals surface area contributed by atoms with Crippen molar-refractivity contribution < 1.29 is 14.4 Å². The Morgan fingerprint density at radius 1 is 0.861 bits per heavy atom. The van der Waals surface area contributed by atoms with Gasteiger partial charge in [0.25, 0.3) is 0 Å². The maximum atomic E-state index is 14.5. The number of hydrogen-bond acceptors (Lipinski definition) is 4. The van der Waals surface area contributed by atoms with Crippen molar-refractivity contribution in [1.82, 2.24) is 0 Å². The topological polar surface area (TPSA) is 54.5 Å². The quantitative estimate of drug-likeness (QED) is 0.349. The van der Waals surface area contributed by atoms with Gasteiger partial charge in [0, 0.05) is 32.6 Å². The number of hydrogen-bond donors (Lipinski definition) is 0. The second kappa shape index (κ2) is 7.84. The molecule has 180 valence electrons. The van der Waals surface area contributed by atoms with E-state index < -0.39 is 28.8 Å². The number of rotatable bonds is 2. The Morgan fingerprint density at radius 3 is 2.06 bits per heavy atom. The second-order valence-electron chi connectivity index (χ2n) is 10.9. The van der Waals surface area contributed by atoms with E-state index in [0.29, 0.717) is 11.1 Å². The highest BCUT2D eigenvalue weighted by Gasteiger charge is 2.71. The lowest BCUT2D eigenvalue weighted by Gasteiger charge is -2.38. The summed E-state index contributed by atoms with van der Waals surface area (Å²) in [7, 11) is 0. The van der Waals surface area contributed by atoms with Crippen molar-refractivity contribution in [1.29, 1.82) is 0 Å². The van der Waals surface area contributed by atoms with Gasteiger partial charge in [-0.25, -0.2) is 0 Å². The largest absolute Gasteiger partial charge is 0.352 e. The van der Waals surface area contributed by atoms with Crippen LogP contribution >= 0.6 is 15.9 Å². The molecule has 0 aromatic heterocycles. The molecule has 3 aromatic carbocycles. The predicted octanol–water partition coefficient (Wildman–Crippen LogP) is 6.50. The zero-order chi connectivity index (χ0) is 25.4. The molecule has 1 aliphatic carbocycles. The molecule has 0 bridgehead atoms. The third-order valence-electron chi connectivity index (χ3n) is 7.95. The number of carbonyl (C=O) groups excluding carboxylic acids is 3. The number of nitrogens with zero attached hydrogens (tertiary/aromatic N) is 1. The Kier molecular flexibility index (Phi) is 5.03. The summed E-state index contributed by atoms with van der Waals surface area (Å²) in [5.74, 6) is -1.02. The van der Waals surface area contributed by atoms with Crippen molar-refractivity contribution in [3.8, 4) is 0 Å². The fourth-order valence-corrected chi connectivity index (χ4v) is 6.67. The lowest BCUT2D eigenvalue weighted by atomic mass is 9.63. The van der Waals surface area contributed by atoms with Crippen molar-refractivity contribution in [3.05, 3.63) is 106 Å². The maximum Gasteiger partial charge on any atom is 0.180 e. The summed E-state index contributed by atoms with van der Waals surface area (Å²) < 4.78 is 0.896. The number of benzene rings is 3. The maximum absolute atomic E-state index is 14.5. The van der Waals surface area contributed by atoms with Crippen molar-refractivity contribution in [2.45, 2.75) is 38.8 Å². The molecular formula is C31H26BrNO3. The van der Waals surface area contributed by atoms with Crippen molar-refractivity contribution >= 4 is 45.0 Å². The minimum absolute atomic E-state index is 0.0129. The van der Waals surface area contributed by atoms with Gasteiger partial charge in [0.15, 0.2) is 17.3 Å². The Labute approximate surface area is 219 Å². The molecule has 5 heteroatoms. The van der Waals surface area contributed by atoms with Crippen LogP contribution in [0.5, 0.6) is 0 Å². The molecule has 0 N–H and O–H groups in total. The summed E-state index contributed by atoms with van der Waals surface area (Å²) in [5, 5.41) is 0. The first-order valence-corrected chi connectivity index (χ1v) is 13.0. The summed E-state index contributed by atoms with van der Waals surface area (Å²) in [6.45, 7) is 5.73. The number of anilines is 1. The van der Waals surface area contributed by atoms with E-state index in [1.807, 2.05) is 81.5 Å². The highest BCUT2D eigenvalue weighted by Crippen LogP contribution is 2.61. The normalized spacial score (nSPS) is 23.6. The molecule has 3 aliphatic rings. The van der Waals surface area contributed by atoms with Crippen LogP contribution < -0.4 is 4.90 Å². The van der Waals surface area contributed by atoms with Gasteiger partial charge < -0.3 is 4.90 Å². The van der Waals surface area contributed by atoms with Crippen molar-refractivity contribution in [2.75, 3.05) is 4.90 Å². The first-order valence-electron chi connectivity index (χ1n) is 12.2. The highest BCUT2D eigenvalue weighted by atomic mass is 79.9. The van der Waals surface area contributed by atoms with Crippen molar-refractivity contribution in [2.24, 2.45) is 10.8 Å². The monoisotopic (exact) mass is 539 g/mol. The molecule has 3 atom stereocenters. The van der Waals surface area contributed by atoms with Crippen LogP contribution in [0, 0.1) is 10.8 Å². The lowest BCUT2D eigenvalue weighted by molar-refractivity contribution is -0.127. The van der Waals surface area contributed by atoms with Crippen molar-refractivity contribution in [3.63, 3.8) is 0 Å². The number of Topliss-reactive ketones (excluding diaryl/α,β-unsaturated/α-hetero) is 3. The van der Waals surface area contributed by atoms with Crippen LogP contribution in [0.2, 0.25) is 0 Å². The van der Waals surface area contributed by atoms with E-state index in [9.17, 15) is 14.4 Å². The summed E-state index contributed by atoms with van der Waals surface area (Å²) in [5.41, 5.74) is 1.44. The van der Waals surface area contributed by atoms with E-state index in [1.54, 1.807) is 24.3 Å². The van der Waals surface area contributed by atoms with Gasteiger partial charge in [0.1, 0.15) is 5.41 Å². The van der Waals surface area contributed by atoms with Gasteiger partial charge in [-0.2, -0.15) is 0 Å². The van der Waals surface area contributed by atoms with Crippen LogP contribution in [-0.2, 0) is 4.79 Å². The Morgan fingerprint density at radius 2 is 1.44 bits per heavy atom. The van der Waals surface area contributed by atoms with Crippen LogP contribution in [0.1, 0.15) is 58.5 Å². The molecule has 6 rings (SSSR count). The van der Waals surface area contributed by atoms with E-state index in [2.05, 4.69) is 20.8 Å². The van der Waals surface area contributed by atoms with E-state index in [0.717, 1.165) is 21.3 Å². The third-order valence-corrected chi connectivity index (χ3v) is 8.48. The molecule has 36 heavy (non-hydrogen) atoms. The summed E-state index contributed by atoms with van der Waals surface area (Å²) in [4.78, 5) is 45.3. The van der Waals surface area contributed by atoms with Gasteiger partial charge in [-0.05, 0) is 29.3 Å². The third kappa shape index (κ3) is 2.95. The molecule has 4 nitrogen and oxygen atoms in total. The Bertz CT molecular complexity index is 1430. The van der Waals surface area contributed by atoms with Gasteiger partial charge in [-0.1, -0.05) is 103 Å². The van der Waals surface area contributed by atoms with Crippen LogP contribution in [0.3, 0.4) is 0 Å². The summed E-state index contributed by atoms with van der Waals surface area (Å²) >= 11 is 3.51. The summed E-state index contributed by atoms with van der Waals surface area (Å²) in [6.07, 6.45) is 3.95. The molecule has 1 saturated heterocycles. The minimum atomic E-state index is -1.44. The van der Waals surface area contributed by atoms with Crippen LogP contribution in [0.4, 0.5) is 5.69 Å². The molecule has 0 radical (unpaired) electrons. The fraction of sp³-hybridized carbons (Fsp3) is 0.258. The van der Waals surface area contributed by atoms with E-state index in [1.165, 1.54) is 0 Å². The van der Waals surface area contributed by atoms with Gasteiger partial charge in [-0.3, -0.25) is 14.4 Å². The smallest absolute Gasteiger partial charge is 0.180 e. The second-order valence-corrected chi connectivity index (χ2v) is 11.8. The minimum Gasteiger partial charge on any atom is -0.352 e. The first-order chi connectivity index (χ1) is 17.2. The van der Waals surface area contributed by atoms with Crippen LogP contribution in [0.15, 0.2) is 83.3 Å². The molecule has 0 unspecified atom stereocenters. The number of fused-ring (bicyclic) bond motifs is 5. The predicted molar refractivity (Wildman–Crippen MR) is 144 cm³/mol. The number of para-hydroxylation sites is 1. The summed E-state index contributed by atoms with van der Waals surface area (Å²) in [6, 6.07) is 21.4. The molecule has 0 amide bonds. The molecule has 1 fully saturated rings. The van der Waals surface area contributed by atoms with E-state index >= 15 is 0 Å².